The Morgan fingerprint density at radius 3 is 2.69 bits per heavy atom. The van der Waals surface area contributed by atoms with Gasteiger partial charge in [-0.2, -0.15) is 5.10 Å². The fourth-order valence-corrected chi connectivity index (χ4v) is 2.66. The lowest BCUT2D eigenvalue weighted by Gasteiger charge is -2.18. The van der Waals surface area contributed by atoms with E-state index >= 15 is 0 Å². The van der Waals surface area contributed by atoms with Gasteiger partial charge in [-0.1, -0.05) is 33.1 Å². The van der Waals surface area contributed by atoms with E-state index in [1.54, 1.807) is 31.0 Å². The van der Waals surface area contributed by atoms with Crippen molar-refractivity contribution in [1.82, 2.24) is 15.1 Å². The lowest BCUT2D eigenvalue weighted by Crippen LogP contribution is -2.42. The van der Waals surface area contributed by atoms with Crippen molar-refractivity contribution < 1.29 is 19.1 Å². The Labute approximate surface area is 156 Å². The molecule has 2 atom stereocenters. The molecule has 0 aliphatic carbocycles. The zero-order chi connectivity index (χ0) is 19.4. The molecule has 0 fully saturated rings. The van der Waals surface area contributed by atoms with Gasteiger partial charge in [0.25, 0.3) is 5.91 Å². The van der Waals surface area contributed by atoms with Crippen LogP contribution in [-0.4, -0.2) is 48.0 Å². The number of rotatable bonds is 13. The first kappa shape index (κ1) is 22.2. The summed E-state index contributed by atoms with van der Waals surface area (Å²) >= 11 is 0. The molecular weight excluding hydrogens is 334 g/mol. The first-order valence-corrected chi connectivity index (χ1v) is 9.51. The fraction of sp³-hybridized carbons (Fsp3) is 0.737. The van der Waals surface area contributed by atoms with Gasteiger partial charge in [-0.3, -0.25) is 9.48 Å². The summed E-state index contributed by atoms with van der Waals surface area (Å²) in [5, 5.41) is 7.00. The van der Waals surface area contributed by atoms with Crippen LogP contribution in [0.15, 0.2) is 12.3 Å². The number of methoxy groups -OCH3 is 1. The number of nitrogens with zero attached hydrogens (tertiary/aromatic N) is 2. The summed E-state index contributed by atoms with van der Waals surface area (Å²) in [5.41, 5.74) is 0.442. The van der Waals surface area contributed by atoms with Crippen LogP contribution in [0.5, 0.6) is 0 Å². The van der Waals surface area contributed by atoms with Crippen LogP contribution in [0, 0.1) is 5.92 Å². The topological polar surface area (TPSA) is 82.5 Å². The average Bonchev–Trinajstić information content (AvgIpc) is 3.09. The van der Waals surface area contributed by atoms with Gasteiger partial charge >= 0.3 is 5.97 Å². The zero-order valence-corrected chi connectivity index (χ0v) is 16.5. The molecule has 7 heteroatoms. The molecule has 0 saturated heterocycles. The van der Waals surface area contributed by atoms with E-state index in [0.29, 0.717) is 37.8 Å². The van der Waals surface area contributed by atoms with Crippen molar-refractivity contribution in [1.29, 1.82) is 0 Å². The number of nitrogens with one attached hydrogen (secondary N) is 1. The highest BCUT2D eigenvalue weighted by Crippen LogP contribution is 2.13. The molecule has 1 heterocycles. The van der Waals surface area contributed by atoms with E-state index in [4.69, 9.17) is 9.47 Å². The monoisotopic (exact) mass is 367 g/mol. The summed E-state index contributed by atoms with van der Waals surface area (Å²) in [7, 11) is 1.64. The van der Waals surface area contributed by atoms with Gasteiger partial charge in [0.1, 0.15) is 11.7 Å². The summed E-state index contributed by atoms with van der Waals surface area (Å²) in [4.78, 5) is 24.8. The highest BCUT2D eigenvalue weighted by atomic mass is 16.5. The SMILES string of the molecule is CCOC(=O)C(CCCC(C)CC)NC(=O)c1ccnn1CCCOC. The van der Waals surface area contributed by atoms with E-state index in [0.717, 1.165) is 25.7 Å². The van der Waals surface area contributed by atoms with Crippen LogP contribution in [0.2, 0.25) is 0 Å². The van der Waals surface area contributed by atoms with Gasteiger partial charge in [0.15, 0.2) is 0 Å². The molecule has 0 aromatic carbocycles. The third-order valence-electron chi connectivity index (χ3n) is 4.43. The number of amides is 1. The molecule has 0 spiro atoms. The van der Waals surface area contributed by atoms with Gasteiger partial charge in [0.05, 0.1) is 6.61 Å². The minimum atomic E-state index is -0.631. The number of ether oxygens (including phenoxy) is 2. The Kier molecular flexibility index (Phi) is 10.6. The molecule has 0 saturated carbocycles. The highest BCUT2D eigenvalue weighted by Gasteiger charge is 2.24. The molecule has 1 amide bonds. The van der Waals surface area contributed by atoms with Crippen molar-refractivity contribution in [3.8, 4) is 0 Å². The highest BCUT2D eigenvalue weighted by molar-refractivity contribution is 5.95. The second-order valence-electron chi connectivity index (χ2n) is 6.51. The average molecular weight is 367 g/mol. The van der Waals surface area contributed by atoms with E-state index in [9.17, 15) is 9.59 Å². The standard InChI is InChI=1S/C19H33N3O4/c1-5-15(3)9-7-10-16(19(24)26-6-2)21-18(23)17-11-12-20-22(17)13-8-14-25-4/h11-12,15-16H,5-10,13-14H2,1-4H3,(H,21,23). The number of hydrogen-bond acceptors (Lipinski definition) is 5. The number of carbonyl (C=O) groups excluding carboxylic acids is 2. The fourth-order valence-electron chi connectivity index (χ4n) is 2.66. The zero-order valence-electron chi connectivity index (χ0n) is 16.5. The number of aryl methyl sites for hydroxylation is 1. The largest absolute Gasteiger partial charge is 0.464 e. The van der Waals surface area contributed by atoms with Crippen molar-refractivity contribution in [2.45, 2.75) is 65.5 Å². The molecule has 26 heavy (non-hydrogen) atoms. The molecule has 1 aromatic rings. The van der Waals surface area contributed by atoms with Crippen LogP contribution in [0.25, 0.3) is 0 Å². The third-order valence-corrected chi connectivity index (χ3v) is 4.43. The first-order chi connectivity index (χ1) is 12.5. The lowest BCUT2D eigenvalue weighted by atomic mass is 9.99. The first-order valence-electron chi connectivity index (χ1n) is 9.51. The normalized spacial score (nSPS) is 13.2. The molecule has 1 rings (SSSR count). The molecule has 1 aromatic heterocycles. The van der Waals surface area contributed by atoms with Crippen LogP contribution >= 0.6 is 0 Å². The second kappa shape index (κ2) is 12.5. The predicted octanol–water partition coefficient (Wildman–Crippen LogP) is 2.80. The number of esters is 1. The van der Waals surface area contributed by atoms with Crippen LogP contribution in [-0.2, 0) is 20.8 Å². The summed E-state index contributed by atoms with van der Waals surface area (Å²) in [6.07, 6.45) is 5.92. The lowest BCUT2D eigenvalue weighted by molar-refractivity contribution is -0.145. The number of hydrogen-bond donors (Lipinski definition) is 1. The van der Waals surface area contributed by atoms with E-state index in [1.165, 1.54) is 0 Å². The Morgan fingerprint density at radius 1 is 1.27 bits per heavy atom. The van der Waals surface area contributed by atoms with Gasteiger partial charge in [-0.15, -0.1) is 0 Å². The third kappa shape index (κ3) is 7.56. The molecular formula is C19H33N3O4. The van der Waals surface area contributed by atoms with Crippen LogP contribution in [0.1, 0.15) is 63.4 Å². The molecule has 1 N–H and O–H groups in total. The van der Waals surface area contributed by atoms with E-state index in [1.807, 2.05) is 0 Å². The number of carbonyl (C=O) groups is 2. The van der Waals surface area contributed by atoms with Crippen molar-refractivity contribution in [2.24, 2.45) is 5.92 Å². The Morgan fingerprint density at radius 2 is 2.04 bits per heavy atom. The van der Waals surface area contributed by atoms with Gasteiger partial charge < -0.3 is 14.8 Å². The van der Waals surface area contributed by atoms with E-state index in [-0.39, 0.29) is 11.9 Å². The molecule has 2 unspecified atom stereocenters. The summed E-state index contributed by atoms with van der Waals surface area (Å²) < 4.78 is 11.8. The molecule has 0 aliphatic heterocycles. The van der Waals surface area contributed by atoms with Crippen LogP contribution in [0.3, 0.4) is 0 Å². The quantitative estimate of drug-likeness (QED) is 0.428. The molecule has 0 bridgehead atoms. The minimum absolute atomic E-state index is 0.297. The van der Waals surface area contributed by atoms with Crippen molar-refractivity contribution in [3.63, 3.8) is 0 Å². The molecule has 0 aliphatic rings. The van der Waals surface area contributed by atoms with Gasteiger partial charge in [0, 0.05) is 26.5 Å². The molecule has 7 nitrogen and oxygen atoms in total. The molecule has 148 valence electrons. The number of aromatic nitrogens is 2. The Hall–Kier alpha value is -1.89. The summed E-state index contributed by atoms with van der Waals surface area (Å²) in [6.45, 7) is 7.59. The Balaban J connectivity index is 2.69. The maximum atomic E-state index is 12.6. The molecule has 0 radical (unpaired) electrons. The van der Waals surface area contributed by atoms with Gasteiger partial charge in [-0.05, 0) is 31.7 Å². The minimum Gasteiger partial charge on any atom is -0.464 e. The van der Waals surface area contributed by atoms with E-state index < -0.39 is 6.04 Å². The maximum absolute atomic E-state index is 12.6. The van der Waals surface area contributed by atoms with Crippen molar-refractivity contribution in [2.75, 3.05) is 20.3 Å². The Bertz CT molecular complexity index is 545. The van der Waals surface area contributed by atoms with Crippen molar-refractivity contribution in [3.05, 3.63) is 18.0 Å². The van der Waals surface area contributed by atoms with Crippen LogP contribution < -0.4 is 5.32 Å². The van der Waals surface area contributed by atoms with Crippen molar-refractivity contribution >= 4 is 11.9 Å². The van der Waals surface area contributed by atoms with E-state index in [2.05, 4.69) is 24.3 Å². The summed E-state index contributed by atoms with van der Waals surface area (Å²) in [6, 6.07) is 1.03. The second-order valence-corrected chi connectivity index (χ2v) is 6.51. The van der Waals surface area contributed by atoms with Gasteiger partial charge in [-0.25, -0.2) is 4.79 Å². The van der Waals surface area contributed by atoms with Crippen LogP contribution in [0.4, 0.5) is 0 Å². The smallest absolute Gasteiger partial charge is 0.328 e. The summed E-state index contributed by atoms with van der Waals surface area (Å²) in [5.74, 6) is -0.0762. The maximum Gasteiger partial charge on any atom is 0.328 e. The van der Waals surface area contributed by atoms with Gasteiger partial charge in [0.2, 0.25) is 0 Å². The predicted molar refractivity (Wildman–Crippen MR) is 99.9 cm³/mol.